The maximum Gasteiger partial charge on any atom is 0.417 e. The van der Waals surface area contributed by atoms with Gasteiger partial charge in [0.15, 0.2) is 0 Å². The number of para-hydroxylation sites is 1. The smallest absolute Gasteiger partial charge is 0.417 e. The molecule has 4 aromatic rings. The summed E-state index contributed by atoms with van der Waals surface area (Å²) in [6.07, 6.45) is -4.72. The maximum atomic E-state index is 13.4. The summed E-state index contributed by atoms with van der Waals surface area (Å²) < 4.78 is 51.2. The van der Waals surface area contributed by atoms with Crippen molar-refractivity contribution in [3.8, 4) is 5.75 Å². The first-order valence-electron chi connectivity index (χ1n) is 10.3. The zero-order valence-corrected chi connectivity index (χ0v) is 17.9. The van der Waals surface area contributed by atoms with E-state index in [1.54, 1.807) is 48.5 Å². The van der Waals surface area contributed by atoms with Crippen molar-refractivity contribution < 1.29 is 31.9 Å². The number of amides is 2. The second kappa shape index (κ2) is 9.30. The van der Waals surface area contributed by atoms with E-state index in [0.717, 1.165) is 12.1 Å². The lowest BCUT2D eigenvalue weighted by Crippen LogP contribution is -2.20. The SMILES string of the molecule is CCOc1ccc(NC(=O)c2oc3ccccc3c2NC(=O)c2ccccc2C(F)(F)F)cc1. The van der Waals surface area contributed by atoms with Gasteiger partial charge in [-0.15, -0.1) is 0 Å². The van der Waals surface area contributed by atoms with Crippen molar-refractivity contribution in [2.24, 2.45) is 0 Å². The molecule has 0 bridgehead atoms. The monoisotopic (exact) mass is 468 g/mol. The lowest BCUT2D eigenvalue weighted by Gasteiger charge is -2.13. The van der Waals surface area contributed by atoms with Crippen LogP contribution in [0.5, 0.6) is 5.75 Å². The molecule has 0 saturated heterocycles. The summed E-state index contributed by atoms with van der Waals surface area (Å²) in [5.74, 6) is -1.32. The fourth-order valence-electron chi connectivity index (χ4n) is 3.43. The molecular weight excluding hydrogens is 449 g/mol. The van der Waals surface area contributed by atoms with E-state index in [2.05, 4.69) is 10.6 Å². The highest BCUT2D eigenvalue weighted by Gasteiger charge is 2.35. The standard InChI is InChI=1S/C25H19F3N2O4/c1-2-33-16-13-11-15(12-14-16)29-24(32)22-21(18-8-4-6-10-20(18)34-22)30-23(31)17-7-3-5-9-19(17)25(26,27)28/h3-14H,2H2,1H3,(H,29,32)(H,30,31). The minimum absolute atomic E-state index is 0.0268. The highest BCUT2D eigenvalue weighted by molar-refractivity contribution is 6.17. The lowest BCUT2D eigenvalue weighted by atomic mass is 10.1. The summed E-state index contributed by atoms with van der Waals surface area (Å²) in [4.78, 5) is 25.8. The Hall–Kier alpha value is -4.27. The van der Waals surface area contributed by atoms with Crippen LogP contribution in [0.4, 0.5) is 24.5 Å². The van der Waals surface area contributed by atoms with Crippen LogP contribution < -0.4 is 15.4 Å². The van der Waals surface area contributed by atoms with Crippen LogP contribution in [-0.4, -0.2) is 18.4 Å². The molecule has 0 radical (unpaired) electrons. The molecule has 0 unspecified atom stereocenters. The van der Waals surface area contributed by atoms with Gasteiger partial charge in [-0.05, 0) is 55.5 Å². The maximum absolute atomic E-state index is 13.4. The number of carbonyl (C=O) groups is 2. The van der Waals surface area contributed by atoms with Crippen molar-refractivity contribution in [1.82, 2.24) is 0 Å². The molecule has 3 aromatic carbocycles. The van der Waals surface area contributed by atoms with Gasteiger partial charge in [-0.3, -0.25) is 9.59 Å². The van der Waals surface area contributed by atoms with Crippen LogP contribution in [0.15, 0.2) is 77.2 Å². The number of rotatable bonds is 6. The lowest BCUT2D eigenvalue weighted by molar-refractivity contribution is -0.137. The van der Waals surface area contributed by atoms with Gasteiger partial charge in [0.05, 0.1) is 17.7 Å². The van der Waals surface area contributed by atoms with Crippen LogP contribution in [0, 0.1) is 0 Å². The van der Waals surface area contributed by atoms with Gasteiger partial charge in [-0.1, -0.05) is 24.3 Å². The Morgan fingerprint density at radius 1 is 0.882 bits per heavy atom. The predicted octanol–water partition coefficient (Wildman–Crippen LogP) is 6.35. The Morgan fingerprint density at radius 2 is 1.56 bits per heavy atom. The van der Waals surface area contributed by atoms with Crippen LogP contribution in [0.25, 0.3) is 11.0 Å². The third-order valence-electron chi connectivity index (χ3n) is 4.94. The van der Waals surface area contributed by atoms with E-state index in [0.29, 0.717) is 29.0 Å². The zero-order chi connectivity index (χ0) is 24.3. The second-order valence-corrected chi connectivity index (χ2v) is 7.21. The van der Waals surface area contributed by atoms with Crippen LogP contribution in [0.1, 0.15) is 33.4 Å². The Morgan fingerprint density at radius 3 is 2.26 bits per heavy atom. The Balaban J connectivity index is 1.67. The average molecular weight is 468 g/mol. The van der Waals surface area contributed by atoms with Crippen molar-refractivity contribution in [3.05, 3.63) is 89.7 Å². The Labute approximate surface area is 192 Å². The van der Waals surface area contributed by atoms with E-state index in [9.17, 15) is 22.8 Å². The van der Waals surface area contributed by atoms with Gasteiger partial charge in [0.1, 0.15) is 17.0 Å². The van der Waals surface area contributed by atoms with Gasteiger partial charge in [-0.2, -0.15) is 13.2 Å². The molecule has 0 aliphatic rings. The van der Waals surface area contributed by atoms with Gasteiger partial charge >= 0.3 is 6.18 Å². The van der Waals surface area contributed by atoms with Crippen LogP contribution in [0.3, 0.4) is 0 Å². The first-order valence-corrected chi connectivity index (χ1v) is 10.3. The van der Waals surface area contributed by atoms with Crippen LogP contribution in [-0.2, 0) is 6.18 Å². The van der Waals surface area contributed by atoms with Gasteiger partial charge < -0.3 is 19.8 Å². The number of hydrogen-bond acceptors (Lipinski definition) is 4. The molecule has 1 aromatic heterocycles. The molecule has 0 aliphatic carbocycles. The van der Waals surface area contributed by atoms with Crippen molar-refractivity contribution in [2.45, 2.75) is 13.1 Å². The van der Waals surface area contributed by atoms with Crippen molar-refractivity contribution in [3.63, 3.8) is 0 Å². The van der Waals surface area contributed by atoms with Crippen LogP contribution in [0.2, 0.25) is 0 Å². The molecule has 9 heteroatoms. The van der Waals surface area contributed by atoms with Gasteiger partial charge in [-0.25, -0.2) is 0 Å². The van der Waals surface area contributed by atoms with E-state index in [4.69, 9.17) is 9.15 Å². The summed E-state index contributed by atoms with van der Waals surface area (Å²) in [5, 5.41) is 5.47. The summed E-state index contributed by atoms with van der Waals surface area (Å²) in [7, 11) is 0. The molecule has 0 atom stereocenters. The normalized spacial score (nSPS) is 11.3. The molecule has 0 fully saturated rings. The molecule has 2 N–H and O–H groups in total. The molecule has 2 amide bonds. The van der Waals surface area contributed by atoms with Crippen molar-refractivity contribution in [2.75, 3.05) is 17.2 Å². The van der Waals surface area contributed by atoms with Gasteiger partial charge in [0.25, 0.3) is 11.8 Å². The highest BCUT2D eigenvalue weighted by atomic mass is 19.4. The molecular formula is C25H19F3N2O4. The number of hydrogen-bond donors (Lipinski definition) is 2. The van der Waals surface area contributed by atoms with E-state index in [1.807, 2.05) is 6.92 Å². The summed E-state index contributed by atoms with van der Waals surface area (Å²) in [6.45, 7) is 2.34. The number of fused-ring (bicyclic) bond motifs is 1. The third-order valence-corrected chi connectivity index (χ3v) is 4.94. The minimum atomic E-state index is -4.72. The summed E-state index contributed by atoms with van der Waals surface area (Å²) in [5.41, 5.74) is -0.952. The number of furan rings is 1. The first kappa shape index (κ1) is 22.9. The molecule has 4 rings (SSSR count). The minimum Gasteiger partial charge on any atom is -0.494 e. The molecule has 0 saturated carbocycles. The summed E-state index contributed by atoms with van der Waals surface area (Å²) >= 11 is 0. The second-order valence-electron chi connectivity index (χ2n) is 7.21. The number of halogens is 3. The molecule has 34 heavy (non-hydrogen) atoms. The zero-order valence-electron chi connectivity index (χ0n) is 17.9. The number of nitrogens with one attached hydrogen (secondary N) is 2. The Bertz CT molecular complexity index is 1340. The molecule has 174 valence electrons. The third kappa shape index (κ3) is 4.73. The van der Waals surface area contributed by atoms with E-state index >= 15 is 0 Å². The molecule has 1 heterocycles. The largest absolute Gasteiger partial charge is 0.494 e. The first-order chi connectivity index (χ1) is 16.3. The van der Waals surface area contributed by atoms with E-state index in [1.165, 1.54) is 12.1 Å². The number of benzene rings is 3. The van der Waals surface area contributed by atoms with Crippen molar-refractivity contribution >= 4 is 34.2 Å². The topological polar surface area (TPSA) is 80.6 Å². The highest BCUT2D eigenvalue weighted by Crippen LogP contribution is 2.35. The number of anilines is 2. The number of alkyl halides is 3. The number of ether oxygens (including phenoxy) is 1. The predicted molar refractivity (Wildman–Crippen MR) is 121 cm³/mol. The van der Waals surface area contributed by atoms with E-state index < -0.39 is 29.1 Å². The van der Waals surface area contributed by atoms with Gasteiger partial charge in [0, 0.05) is 11.1 Å². The average Bonchev–Trinajstić information content (AvgIpc) is 3.18. The van der Waals surface area contributed by atoms with Crippen molar-refractivity contribution in [1.29, 1.82) is 0 Å². The Kier molecular flexibility index (Phi) is 6.27. The quantitative estimate of drug-likeness (QED) is 0.345. The van der Waals surface area contributed by atoms with Crippen LogP contribution >= 0.6 is 0 Å². The summed E-state index contributed by atoms with van der Waals surface area (Å²) in [6, 6.07) is 17.5. The van der Waals surface area contributed by atoms with E-state index in [-0.39, 0.29) is 11.4 Å². The molecule has 6 nitrogen and oxygen atoms in total. The fraction of sp³-hybridized carbons (Fsp3) is 0.120. The number of carbonyl (C=O) groups excluding carboxylic acids is 2. The molecule has 0 aliphatic heterocycles. The fourth-order valence-corrected chi connectivity index (χ4v) is 3.43. The molecule has 0 spiro atoms. The van der Waals surface area contributed by atoms with Gasteiger partial charge in [0.2, 0.25) is 5.76 Å².